The molecule has 1 fully saturated rings. The van der Waals surface area contributed by atoms with Crippen molar-refractivity contribution in [1.29, 1.82) is 0 Å². The number of hydrogen-bond donors (Lipinski definition) is 1. The first-order chi connectivity index (χ1) is 7.53. The molecule has 1 aliphatic heterocycles. The molecule has 0 bridgehead atoms. The Balaban J connectivity index is 2.34. The minimum atomic E-state index is -0.304. The van der Waals surface area contributed by atoms with Gasteiger partial charge in [0.1, 0.15) is 5.60 Å². The van der Waals surface area contributed by atoms with Crippen molar-refractivity contribution in [3.8, 4) is 0 Å². The molecule has 1 aliphatic rings. The predicted molar refractivity (Wildman–Crippen MR) is 61.9 cm³/mol. The SMILES string of the molecule is Cc1nc(C2(C)CCCO2)ncc1[C@@H](C)N. The topological polar surface area (TPSA) is 61.0 Å². The van der Waals surface area contributed by atoms with E-state index in [1.54, 1.807) is 0 Å². The fourth-order valence-corrected chi connectivity index (χ4v) is 2.13. The number of nitrogens with zero attached hydrogens (tertiary/aromatic N) is 2. The zero-order chi connectivity index (χ0) is 11.8. The van der Waals surface area contributed by atoms with Gasteiger partial charge in [-0.15, -0.1) is 0 Å². The molecule has 2 heterocycles. The van der Waals surface area contributed by atoms with E-state index in [0.29, 0.717) is 0 Å². The first-order valence-electron chi connectivity index (χ1n) is 5.76. The average Bonchev–Trinajstić information content (AvgIpc) is 2.66. The maximum Gasteiger partial charge on any atom is 0.160 e. The lowest BCUT2D eigenvalue weighted by atomic mass is 10.0. The van der Waals surface area contributed by atoms with Crippen LogP contribution in [0, 0.1) is 6.92 Å². The summed E-state index contributed by atoms with van der Waals surface area (Å²) < 4.78 is 5.73. The van der Waals surface area contributed by atoms with E-state index in [9.17, 15) is 0 Å². The van der Waals surface area contributed by atoms with Crippen molar-refractivity contribution < 1.29 is 4.74 Å². The van der Waals surface area contributed by atoms with Crippen molar-refractivity contribution in [3.05, 3.63) is 23.3 Å². The Labute approximate surface area is 96.2 Å². The summed E-state index contributed by atoms with van der Waals surface area (Å²) in [6, 6.07) is -0.0219. The molecule has 1 saturated heterocycles. The molecule has 0 spiro atoms. The van der Waals surface area contributed by atoms with Crippen LogP contribution in [0.3, 0.4) is 0 Å². The molecule has 2 N–H and O–H groups in total. The van der Waals surface area contributed by atoms with Gasteiger partial charge in [0.2, 0.25) is 0 Å². The Morgan fingerprint density at radius 2 is 2.31 bits per heavy atom. The van der Waals surface area contributed by atoms with Crippen LogP contribution in [0.1, 0.15) is 49.8 Å². The van der Waals surface area contributed by atoms with Gasteiger partial charge in [-0.1, -0.05) is 0 Å². The van der Waals surface area contributed by atoms with Gasteiger partial charge >= 0.3 is 0 Å². The monoisotopic (exact) mass is 221 g/mol. The van der Waals surface area contributed by atoms with Gasteiger partial charge in [-0.05, 0) is 33.6 Å². The lowest BCUT2D eigenvalue weighted by molar-refractivity contribution is 0.00913. The molecular weight excluding hydrogens is 202 g/mol. The third kappa shape index (κ3) is 1.95. The molecule has 0 amide bonds. The van der Waals surface area contributed by atoms with E-state index in [0.717, 1.165) is 36.5 Å². The molecule has 1 aromatic heterocycles. The Morgan fingerprint density at radius 1 is 1.56 bits per heavy atom. The highest BCUT2D eigenvalue weighted by Crippen LogP contribution is 2.33. The molecule has 4 nitrogen and oxygen atoms in total. The Bertz CT molecular complexity index is 384. The van der Waals surface area contributed by atoms with E-state index >= 15 is 0 Å². The largest absolute Gasteiger partial charge is 0.367 e. The van der Waals surface area contributed by atoms with Crippen molar-refractivity contribution in [2.24, 2.45) is 5.73 Å². The molecule has 0 radical (unpaired) electrons. The lowest BCUT2D eigenvalue weighted by Crippen LogP contribution is -2.24. The second-order valence-electron chi connectivity index (χ2n) is 4.71. The predicted octanol–water partition coefficient (Wildman–Crippen LogP) is 1.83. The summed E-state index contributed by atoms with van der Waals surface area (Å²) in [6.45, 7) is 6.77. The number of nitrogens with two attached hydrogens (primary N) is 1. The van der Waals surface area contributed by atoms with Crippen molar-refractivity contribution >= 4 is 0 Å². The molecule has 0 aliphatic carbocycles. The number of hydrogen-bond acceptors (Lipinski definition) is 4. The van der Waals surface area contributed by atoms with Gasteiger partial charge in [-0.2, -0.15) is 0 Å². The van der Waals surface area contributed by atoms with E-state index in [1.165, 1.54) is 0 Å². The Hall–Kier alpha value is -1.00. The second-order valence-corrected chi connectivity index (χ2v) is 4.71. The zero-order valence-electron chi connectivity index (χ0n) is 10.2. The van der Waals surface area contributed by atoms with E-state index in [1.807, 2.05) is 20.0 Å². The van der Waals surface area contributed by atoms with Crippen LogP contribution in [0.15, 0.2) is 6.20 Å². The van der Waals surface area contributed by atoms with Gasteiger partial charge in [0.25, 0.3) is 0 Å². The molecule has 2 atom stereocenters. The van der Waals surface area contributed by atoms with E-state index in [-0.39, 0.29) is 11.6 Å². The number of ether oxygens (including phenoxy) is 1. The fourth-order valence-electron chi connectivity index (χ4n) is 2.13. The van der Waals surface area contributed by atoms with E-state index in [2.05, 4.69) is 16.9 Å². The standard InChI is InChI=1S/C12H19N3O/c1-8(13)10-7-14-11(15-9(10)2)12(3)5-4-6-16-12/h7-8H,4-6,13H2,1-3H3/t8-,12?/m1/s1. The first kappa shape index (κ1) is 11.5. The first-order valence-corrected chi connectivity index (χ1v) is 5.76. The number of rotatable bonds is 2. The maximum atomic E-state index is 5.84. The van der Waals surface area contributed by atoms with E-state index in [4.69, 9.17) is 10.5 Å². The Morgan fingerprint density at radius 3 is 2.81 bits per heavy atom. The van der Waals surface area contributed by atoms with Gasteiger partial charge in [-0.25, -0.2) is 9.97 Å². The van der Waals surface area contributed by atoms with Crippen LogP contribution in [-0.2, 0) is 10.3 Å². The summed E-state index contributed by atoms with van der Waals surface area (Å²) in [7, 11) is 0. The summed E-state index contributed by atoms with van der Waals surface area (Å²) in [5, 5.41) is 0. The van der Waals surface area contributed by atoms with Gasteiger partial charge in [0, 0.05) is 30.1 Å². The third-order valence-electron chi connectivity index (χ3n) is 3.20. The van der Waals surface area contributed by atoms with Crippen molar-refractivity contribution in [2.45, 2.75) is 45.3 Å². The van der Waals surface area contributed by atoms with Crippen LogP contribution in [0.4, 0.5) is 0 Å². The van der Waals surface area contributed by atoms with Crippen LogP contribution in [0.25, 0.3) is 0 Å². The molecule has 4 heteroatoms. The van der Waals surface area contributed by atoms with E-state index < -0.39 is 0 Å². The van der Waals surface area contributed by atoms with Crippen LogP contribution >= 0.6 is 0 Å². The van der Waals surface area contributed by atoms with Gasteiger partial charge in [0.15, 0.2) is 5.82 Å². The molecule has 1 aromatic rings. The highest BCUT2D eigenvalue weighted by atomic mass is 16.5. The van der Waals surface area contributed by atoms with Crippen LogP contribution < -0.4 is 5.73 Å². The quantitative estimate of drug-likeness (QED) is 0.827. The molecule has 88 valence electrons. The fraction of sp³-hybridized carbons (Fsp3) is 0.667. The normalized spacial score (nSPS) is 27.0. The summed E-state index contributed by atoms with van der Waals surface area (Å²) >= 11 is 0. The summed E-state index contributed by atoms with van der Waals surface area (Å²) in [6.07, 6.45) is 3.90. The molecule has 2 rings (SSSR count). The number of aromatic nitrogens is 2. The maximum absolute atomic E-state index is 5.84. The third-order valence-corrected chi connectivity index (χ3v) is 3.20. The minimum absolute atomic E-state index is 0.0219. The summed E-state index contributed by atoms with van der Waals surface area (Å²) in [4.78, 5) is 8.93. The van der Waals surface area contributed by atoms with Crippen molar-refractivity contribution in [2.75, 3.05) is 6.61 Å². The molecular formula is C12H19N3O. The van der Waals surface area contributed by atoms with Gasteiger partial charge in [0.05, 0.1) is 0 Å². The average molecular weight is 221 g/mol. The second kappa shape index (κ2) is 4.11. The molecule has 1 unspecified atom stereocenters. The van der Waals surface area contributed by atoms with Crippen LogP contribution in [0.2, 0.25) is 0 Å². The highest BCUT2D eigenvalue weighted by Gasteiger charge is 2.34. The Kier molecular flexibility index (Phi) is 2.95. The zero-order valence-corrected chi connectivity index (χ0v) is 10.2. The molecule has 0 aromatic carbocycles. The smallest absolute Gasteiger partial charge is 0.160 e. The summed E-state index contributed by atoms with van der Waals surface area (Å²) in [5.74, 6) is 0.784. The molecule has 16 heavy (non-hydrogen) atoms. The number of aryl methyl sites for hydroxylation is 1. The van der Waals surface area contributed by atoms with Crippen LogP contribution in [-0.4, -0.2) is 16.6 Å². The minimum Gasteiger partial charge on any atom is -0.367 e. The van der Waals surface area contributed by atoms with Gasteiger partial charge in [-0.3, -0.25) is 0 Å². The highest BCUT2D eigenvalue weighted by molar-refractivity contribution is 5.21. The van der Waals surface area contributed by atoms with Crippen molar-refractivity contribution in [3.63, 3.8) is 0 Å². The molecule has 0 saturated carbocycles. The summed E-state index contributed by atoms with van der Waals surface area (Å²) in [5.41, 5.74) is 7.50. The van der Waals surface area contributed by atoms with Crippen molar-refractivity contribution in [1.82, 2.24) is 9.97 Å². The van der Waals surface area contributed by atoms with Gasteiger partial charge < -0.3 is 10.5 Å². The lowest BCUT2D eigenvalue weighted by Gasteiger charge is -2.22. The van der Waals surface area contributed by atoms with Crippen LogP contribution in [0.5, 0.6) is 0 Å².